The molecule has 1 aromatic rings. The molecular formula is C12H15N. The van der Waals surface area contributed by atoms with Gasteiger partial charge < -0.3 is 0 Å². The lowest BCUT2D eigenvalue weighted by atomic mass is 10.1. The summed E-state index contributed by atoms with van der Waals surface area (Å²) in [5.41, 5.74) is 4.18. The molecule has 0 N–H and O–H groups in total. The third kappa shape index (κ3) is 1.52. The Labute approximate surface area is 79.7 Å². The van der Waals surface area contributed by atoms with Gasteiger partial charge in [-0.05, 0) is 23.2 Å². The van der Waals surface area contributed by atoms with E-state index in [0.29, 0.717) is 0 Å². The molecule has 0 fully saturated rings. The summed E-state index contributed by atoms with van der Waals surface area (Å²) in [6, 6.07) is 6.62. The molecule has 2 rings (SSSR count). The lowest BCUT2D eigenvalue weighted by molar-refractivity contribution is 0.301. The first-order valence-corrected chi connectivity index (χ1v) is 4.80. The van der Waals surface area contributed by atoms with Crippen LogP contribution >= 0.6 is 0 Å². The predicted octanol–water partition coefficient (Wildman–Crippen LogP) is 2.67. The van der Waals surface area contributed by atoms with Crippen molar-refractivity contribution in [3.63, 3.8) is 0 Å². The predicted molar refractivity (Wildman–Crippen MR) is 56.3 cm³/mol. The molecule has 1 heteroatoms. The van der Waals surface area contributed by atoms with Crippen LogP contribution < -0.4 is 0 Å². The normalized spacial score (nSPS) is 15.8. The van der Waals surface area contributed by atoms with Gasteiger partial charge in [0.1, 0.15) is 0 Å². The summed E-state index contributed by atoms with van der Waals surface area (Å²) in [7, 11) is 0. The monoisotopic (exact) mass is 173 g/mol. The van der Waals surface area contributed by atoms with Crippen molar-refractivity contribution in [3.05, 3.63) is 41.5 Å². The molecule has 1 nitrogen and oxygen atoms in total. The molecule has 0 saturated heterocycles. The average molecular weight is 173 g/mol. The SMILES string of the molecule is C=Cc1ccc2c(c1)CN(CC)C2. The van der Waals surface area contributed by atoms with Crippen LogP contribution in [0.15, 0.2) is 24.8 Å². The first-order chi connectivity index (χ1) is 6.33. The largest absolute Gasteiger partial charge is 0.295 e. The van der Waals surface area contributed by atoms with Gasteiger partial charge in [0.05, 0.1) is 0 Å². The fraction of sp³-hybridized carbons (Fsp3) is 0.333. The highest BCUT2D eigenvalue weighted by molar-refractivity contribution is 5.50. The minimum Gasteiger partial charge on any atom is -0.295 e. The van der Waals surface area contributed by atoms with E-state index >= 15 is 0 Å². The Kier molecular flexibility index (Phi) is 2.19. The number of nitrogens with zero attached hydrogens (tertiary/aromatic N) is 1. The van der Waals surface area contributed by atoms with E-state index in [1.807, 2.05) is 6.08 Å². The van der Waals surface area contributed by atoms with Gasteiger partial charge in [-0.25, -0.2) is 0 Å². The number of hydrogen-bond acceptors (Lipinski definition) is 1. The molecule has 0 bridgehead atoms. The molecule has 1 aliphatic rings. The lowest BCUT2D eigenvalue weighted by Gasteiger charge is -2.09. The molecule has 0 amide bonds. The smallest absolute Gasteiger partial charge is 0.0240 e. The van der Waals surface area contributed by atoms with Crippen molar-refractivity contribution in [2.75, 3.05) is 6.54 Å². The highest BCUT2D eigenvalue weighted by Gasteiger charge is 2.16. The van der Waals surface area contributed by atoms with Crippen LogP contribution in [0.5, 0.6) is 0 Å². The molecule has 0 spiro atoms. The summed E-state index contributed by atoms with van der Waals surface area (Å²) in [5, 5.41) is 0. The number of fused-ring (bicyclic) bond motifs is 1. The van der Waals surface area contributed by atoms with Gasteiger partial charge in [-0.15, -0.1) is 0 Å². The highest BCUT2D eigenvalue weighted by atomic mass is 15.1. The van der Waals surface area contributed by atoms with Crippen LogP contribution in [0.3, 0.4) is 0 Å². The molecule has 0 radical (unpaired) electrons. The fourth-order valence-corrected chi connectivity index (χ4v) is 1.84. The van der Waals surface area contributed by atoms with Gasteiger partial charge in [-0.1, -0.05) is 37.8 Å². The standard InChI is InChI=1S/C12H15N/c1-3-10-5-6-11-8-13(4-2)9-12(11)7-10/h3,5-7H,1,4,8-9H2,2H3. The van der Waals surface area contributed by atoms with Gasteiger partial charge in [-0.2, -0.15) is 0 Å². The second-order valence-corrected chi connectivity index (χ2v) is 3.54. The maximum atomic E-state index is 3.78. The van der Waals surface area contributed by atoms with Gasteiger partial charge in [0.25, 0.3) is 0 Å². The van der Waals surface area contributed by atoms with E-state index in [4.69, 9.17) is 0 Å². The molecule has 1 aromatic carbocycles. The van der Waals surface area contributed by atoms with E-state index in [-0.39, 0.29) is 0 Å². The quantitative estimate of drug-likeness (QED) is 0.664. The first-order valence-electron chi connectivity index (χ1n) is 4.80. The minimum absolute atomic E-state index is 1.10. The molecule has 1 aliphatic heterocycles. The third-order valence-electron chi connectivity index (χ3n) is 2.70. The number of benzene rings is 1. The van der Waals surface area contributed by atoms with Gasteiger partial charge in [0, 0.05) is 13.1 Å². The third-order valence-corrected chi connectivity index (χ3v) is 2.70. The summed E-state index contributed by atoms with van der Waals surface area (Å²) >= 11 is 0. The Bertz CT molecular complexity index is 328. The molecule has 0 atom stereocenters. The summed E-state index contributed by atoms with van der Waals surface area (Å²) in [6.45, 7) is 9.35. The van der Waals surface area contributed by atoms with Crippen molar-refractivity contribution in [3.8, 4) is 0 Å². The van der Waals surface area contributed by atoms with Crippen molar-refractivity contribution in [2.24, 2.45) is 0 Å². The Hall–Kier alpha value is -1.08. The molecule has 0 unspecified atom stereocenters. The molecule has 0 aliphatic carbocycles. The van der Waals surface area contributed by atoms with Gasteiger partial charge in [-0.3, -0.25) is 4.90 Å². The van der Waals surface area contributed by atoms with Crippen LogP contribution in [0.4, 0.5) is 0 Å². The first kappa shape index (κ1) is 8.52. The zero-order valence-corrected chi connectivity index (χ0v) is 8.09. The fourth-order valence-electron chi connectivity index (χ4n) is 1.84. The van der Waals surface area contributed by atoms with Crippen LogP contribution in [0.25, 0.3) is 6.08 Å². The molecular weight excluding hydrogens is 158 g/mol. The Morgan fingerprint density at radius 1 is 1.38 bits per heavy atom. The maximum Gasteiger partial charge on any atom is 0.0240 e. The van der Waals surface area contributed by atoms with Crippen LogP contribution in [-0.2, 0) is 13.1 Å². The second-order valence-electron chi connectivity index (χ2n) is 3.54. The minimum atomic E-state index is 1.10. The van der Waals surface area contributed by atoms with E-state index < -0.39 is 0 Å². The number of hydrogen-bond donors (Lipinski definition) is 0. The summed E-state index contributed by atoms with van der Waals surface area (Å²) in [5.74, 6) is 0. The Balaban J connectivity index is 2.30. The zero-order chi connectivity index (χ0) is 9.26. The van der Waals surface area contributed by atoms with E-state index in [1.54, 1.807) is 0 Å². The van der Waals surface area contributed by atoms with E-state index in [1.165, 1.54) is 16.7 Å². The topological polar surface area (TPSA) is 3.24 Å². The van der Waals surface area contributed by atoms with Crippen molar-refractivity contribution >= 4 is 6.08 Å². The van der Waals surface area contributed by atoms with Gasteiger partial charge in [0.15, 0.2) is 0 Å². The molecule has 0 saturated carbocycles. The van der Waals surface area contributed by atoms with Gasteiger partial charge >= 0.3 is 0 Å². The second kappa shape index (κ2) is 3.35. The van der Waals surface area contributed by atoms with Crippen molar-refractivity contribution in [2.45, 2.75) is 20.0 Å². The average Bonchev–Trinajstić information content (AvgIpc) is 2.58. The van der Waals surface area contributed by atoms with Gasteiger partial charge in [0.2, 0.25) is 0 Å². The van der Waals surface area contributed by atoms with E-state index in [9.17, 15) is 0 Å². The summed E-state index contributed by atoms with van der Waals surface area (Å²) in [4.78, 5) is 2.44. The molecule has 1 heterocycles. The highest BCUT2D eigenvalue weighted by Crippen LogP contribution is 2.23. The number of rotatable bonds is 2. The molecule has 13 heavy (non-hydrogen) atoms. The van der Waals surface area contributed by atoms with Crippen LogP contribution in [0.1, 0.15) is 23.6 Å². The molecule has 0 aromatic heterocycles. The van der Waals surface area contributed by atoms with Crippen LogP contribution in [0.2, 0.25) is 0 Å². The molecule has 68 valence electrons. The van der Waals surface area contributed by atoms with Crippen molar-refractivity contribution < 1.29 is 0 Å². The zero-order valence-electron chi connectivity index (χ0n) is 8.09. The summed E-state index contributed by atoms with van der Waals surface area (Å²) in [6.07, 6.45) is 1.91. The Morgan fingerprint density at radius 2 is 2.15 bits per heavy atom. The van der Waals surface area contributed by atoms with Crippen molar-refractivity contribution in [1.29, 1.82) is 0 Å². The van der Waals surface area contributed by atoms with Crippen LogP contribution in [-0.4, -0.2) is 11.4 Å². The van der Waals surface area contributed by atoms with Crippen molar-refractivity contribution in [1.82, 2.24) is 4.90 Å². The summed E-state index contributed by atoms with van der Waals surface area (Å²) < 4.78 is 0. The lowest BCUT2D eigenvalue weighted by Crippen LogP contribution is -2.14. The van der Waals surface area contributed by atoms with E-state index in [2.05, 4.69) is 36.6 Å². The van der Waals surface area contributed by atoms with Crippen LogP contribution in [0, 0.1) is 0 Å². The van der Waals surface area contributed by atoms with E-state index in [0.717, 1.165) is 19.6 Å². The Morgan fingerprint density at radius 3 is 2.85 bits per heavy atom. The maximum absolute atomic E-state index is 3.78.